The maximum Gasteiger partial charge on any atom is 0.242 e. The molecule has 3 rings (SSSR count). The van der Waals surface area contributed by atoms with Crippen LogP contribution in [0.1, 0.15) is 26.3 Å². The second-order valence-electron chi connectivity index (χ2n) is 5.09. The molecule has 2 aliphatic heterocycles. The number of carbonyl (C=O) groups is 2. The van der Waals surface area contributed by atoms with Crippen LogP contribution in [0.5, 0.6) is 0 Å². The van der Waals surface area contributed by atoms with Crippen LogP contribution in [0.2, 0.25) is 0 Å². The van der Waals surface area contributed by atoms with Gasteiger partial charge in [-0.05, 0) is 32.9 Å². The highest BCUT2D eigenvalue weighted by molar-refractivity contribution is 6.21. The van der Waals surface area contributed by atoms with Crippen LogP contribution in [0.15, 0.2) is 12.1 Å². The summed E-state index contributed by atoms with van der Waals surface area (Å²) in [6, 6.07) is 3.77. The van der Waals surface area contributed by atoms with E-state index in [0.29, 0.717) is 0 Å². The predicted molar refractivity (Wildman–Crippen MR) is 69.8 cm³/mol. The molecule has 5 heteroatoms. The van der Waals surface area contributed by atoms with Crippen LogP contribution in [0.4, 0.5) is 17.1 Å². The molecule has 0 bridgehead atoms. The summed E-state index contributed by atoms with van der Waals surface area (Å²) in [5.74, 6) is -0.389. The van der Waals surface area contributed by atoms with E-state index in [1.54, 1.807) is 6.92 Å². The van der Waals surface area contributed by atoms with Crippen molar-refractivity contribution in [1.82, 2.24) is 0 Å². The third-order valence-corrected chi connectivity index (χ3v) is 3.85. The Morgan fingerprint density at radius 2 is 1.83 bits per heavy atom. The van der Waals surface area contributed by atoms with Gasteiger partial charge in [0.25, 0.3) is 0 Å². The van der Waals surface area contributed by atoms with Crippen LogP contribution in [0.25, 0.3) is 0 Å². The smallest absolute Gasteiger partial charge is 0.242 e. The molecular weight excluding hydrogens is 230 g/mol. The van der Waals surface area contributed by atoms with Crippen molar-refractivity contribution in [3.8, 4) is 0 Å². The number of amides is 1. The molecule has 0 radical (unpaired) electrons. The van der Waals surface area contributed by atoms with E-state index in [4.69, 9.17) is 0 Å². The Morgan fingerprint density at radius 1 is 1.22 bits per heavy atom. The van der Waals surface area contributed by atoms with Gasteiger partial charge >= 0.3 is 0 Å². The van der Waals surface area contributed by atoms with Crippen LogP contribution in [0.3, 0.4) is 0 Å². The molecule has 0 spiro atoms. The average Bonchev–Trinajstić information content (AvgIpc) is 2.75. The summed E-state index contributed by atoms with van der Waals surface area (Å²) >= 11 is 0. The fourth-order valence-corrected chi connectivity index (χ4v) is 2.58. The lowest BCUT2D eigenvalue weighted by atomic mass is 9.80. The number of fused-ring (bicyclic) bond motifs is 2. The Balaban J connectivity index is 2.18. The third-order valence-electron chi connectivity index (χ3n) is 3.85. The highest BCUT2D eigenvalue weighted by Gasteiger charge is 2.47. The first kappa shape index (κ1) is 11.1. The summed E-state index contributed by atoms with van der Waals surface area (Å²) in [6.07, 6.45) is 0.154. The molecule has 94 valence electrons. The molecule has 1 aromatic carbocycles. The number of nitrogens with one attached hydrogen (secondary N) is 3. The molecule has 18 heavy (non-hydrogen) atoms. The SMILES string of the molecule is CC(=O)C1(C)C(=O)Nc2cc3c(cc21)NC(C)N3. The van der Waals surface area contributed by atoms with Gasteiger partial charge in [-0.1, -0.05) is 0 Å². The second-order valence-corrected chi connectivity index (χ2v) is 5.09. The first-order valence-electron chi connectivity index (χ1n) is 5.97. The van der Waals surface area contributed by atoms with Crippen LogP contribution in [-0.2, 0) is 15.0 Å². The molecular formula is C13H15N3O2. The van der Waals surface area contributed by atoms with Crippen molar-refractivity contribution in [3.63, 3.8) is 0 Å². The Morgan fingerprint density at radius 3 is 2.44 bits per heavy atom. The van der Waals surface area contributed by atoms with Crippen molar-refractivity contribution in [2.45, 2.75) is 32.4 Å². The number of hydrogen-bond acceptors (Lipinski definition) is 4. The molecule has 0 saturated heterocycles. The Kier molecular flexibility index (Phi) is 2.00. The molecule has 2 aliphatic rings. The highest BCUT2D eigenvalue weighted by Crippen LogP contribution is 2.44. The molecule has 3 N–H and O–H groups in total. The quantitative estimate of drug-likeness (QED) is 0.658. The lowest BCUT2D eigenvalue weighted by Crippen LogP contribution is -2.37. The predicted octanol–water partition coefficient (Wildman–Crippen LogP) is 1.67. The number of rotatable bonds is 1. The number of ketones is 1. The molecule has 5 nitrogen and oxygen atoms in total. The van der Waals surface area contributed by atoms with E-state index in [1.165, 1.54) is 6.92 Å². The average molecular weight is 245 g/mol. The Labute approximate surface area is 105 Å². The summed E-state index contributed by atoms with van der Waals surface area (Å²) in [5, 5.41) is 9.29. The summed E-state index contributed by atoms with van der Waals surface area (Å²) in [4.78, 5) is 23.8. The number of hydrogen-bond donors (Lipinski definition) is 3. The molecule has 0 saturated carbocycles. The van der Waals surface area contributed by atoms with Crippen molar-refractivity contribution in [2.24, 2.45) is 0 Å². The number of Topliss-reactive ketones (excluding diaryl/α,β-unsaturated/α-hetero) is 1. The van der Waals surface area contributed by atoms with E-state index in [1.807, 2.05) is 19.1 Å². The minimum absolute atomic E-state index is 0.141. The van der Waals surface area contributed by atoms with Gasteiger partial charge in [-0.2, -0.15) is 0 Å². The highest BCUT2D eigenvalue weighted by atomic mass is 16.2. The second kappa shape index (κ2) is 3.25. The van der Waals surface area contributed by atoms with Gasteiger partial charge in [-0.3, -0.25) is 9.59 Å². The van der Waals surface area contributed by atoms with E-state index in [-0.39, 0.29) is 17.9 Å². The monoisotopic (exact) mass is 245 g/mol. The minimum Gasteiger partial charge on any atom is -0.364 e. The van der Waals surface area contributed by atoms with E-state index in [2.05, 4.69) is 16.0 Å². The van der Waals surface area contributed by atoms with Crippen LogP contribution in [-0.4, -0.2) is 17.9 Å². The zero-order valence-corrected chi connectivity index (χ0v) is 10.5. The van der Waals surface area contributed by atoms with E-state index in [0.717, 1.165) is 22.6 Å². The van der Waals surface area contributed by atoms with Gasteiger partial charge in [-0.25, -0.2) is 0 Å². The van der Waals surface area contributed by atoms with Crippen molar-refractivity contribution < 1.29 is 9.59 Å². The molecule has 1 amide bonds. The van der Waals surface area contributed by atoms with Crippen LogP contribution < -0.4 is 16.0 Å². The van der Waals surface area contributed by atoms with Crippen LogP contribution in [0, 0.1) is 0 Å². The summed E-state index contributed by atoms with van der Waals surface area (Å²) < 4.78 is 0. The van der Waals surface area contributed by atoms with Gasteiger partial charge in [0, 0.05) is 11.3 Å². The van der Waals surface area contributed by atoms with Crippen molar-refractivity contribution >= 4 is 28.8 Å². The molecule has 0 fully saturated rings. The third kappa shape index (κ3) is 1.21. The zero-order valence-electron chi connectivity index (χ0n) is 10.5. The fourth-order valence-electron chi connectivity index (χ4n) is 2.58. The van der Waals surface area contributed by atoms with E-state index in [9.17, 15) is 9.59 Å². The lowest BCUT2D eigenvalue weighted by Gasteiger charge is -2.18. The Hall–Kier alpha value is -2.04. The van der Waals surface area contributed by atoms with Crippen molar-refractivity contribution in [3.05, 3.63) is 17.7 Å². The van der Waals surface area contributed by atoms with E-state index >= 15 is 0 Å². The molecule has 2 atom stereocenters. The van der Waals surface area contributed by atoms with Crippen molar-refractivity contribution in [2.75, 3.05) is 16.0 Å². The topological polar surface area (TPSA) is 70.2 Å². The van der Waals surface area contributed by atoms with Gasteiger partial charge in [0.2, 0.25) is 5.91 Å². The molecule has 0 aromatic heterocycles. The maximum absolute atomic E-state index is 12.0. The fraction of sp³-hybridized carbons (Fsp3) is 0.385. The van der Waals surface area contributed by atoms with Gasteiger partial charge in [-0.15, -0.1) is 0 Å². The minimum atomic E-state index is -1.07. The maximum atomic E-state index is 12.0. The normalized spacial score (nSPS) is 27.9. The molecule has 2 unspecified atom stereocenters. The standard InChI is InChI=1S/C13H15N3O2/c1-6(17)13(3)8-4-10-11(15-7(2)14-10)5-9(8)16-12(13)18/h4-5,7,14-15H,1-3H3,(H,16,18). The van der Waals surface area contributed by atoms with Crippen LogP contribution >= 0.6 is 0 Å². The number of benzene rings is 1. The van der Waals surface area contributed by atoms with Gasteiger partial charge in [0.05, 0.1) is 17.5 Å². The molecule has 1 aromatic rings. The van der Waals surface area contributed by atoms with Crippen molar-refractivity contribution in [1.29, 1.82) is 0 Å². The van der Waals surface area contributed by atoms with E-state index < -0.39 is 5.41 Å². The molecule has 0 aliphatic carbocycles. The zero-order chi connectivity index (χ0) is 13.1. The first-order valence-corrected chi connectivity index (χ1v) is 5.97. The Bertz CT molecular complexity index is 582. The molecule has 2 heterocycles. The van der Waals surface area contributed by atoms with Gasteiger partial charge in [0.1, 0.15) is 11.2 Å². The van der Waals surface area contributed by atoms with Gasteiger partial charge < -0.3 is 16.0 Å². The number of anilines is 3. The lowest BCUT2D eigenvalue weighted by molar-refractivity contribution is -0.130. The summed E-state index contributed by atoms with van der Waals surface area (Å²) in [7, 11) is 0. The largest absolute Gasteiger partial charge is 0.364 e. The number of carbonyl (C=O) groups excluding carboxylic acids is 2. The summed E-state index contributed by atoms with van der Waals surface area (Å²) in [6.45, 7) is 5.14. The summed E-state index contributed by atoms with van der Waals surface area (Å²) in [5.41, 5.74) is 2.29. The first-order chi connectivity index (χ1) is 8.42. The van der Waals surface area contributed by atoms with Gasteiger partial charge in [0.15, 0.2) is 0 Å².